The van der Waals surface area contributed by atoms with Crippen LogP contribution in [0.15, 0.2) is 42.5 Å². The van der Waals surface area contributed by atoms with Crippen LogP contribution in [-0.4, -0.2) is 129 Å². The molecule has 4 rings (SSSR count). The number of esters is 1. The molecule has 0 saturated carbocycles. The van der Waals surface area contributed by atoms with E-state index in [0.717, 1.165) is 6.08 Å². The van der Waals surface area contributed by atoms with Crippen molar-refractivity contribution in [2.75, 3.05) is 20.3 Å². The van der Waals surface area contributed by atoms with Gasteiger partial charge in [0.25, 0.3) is 0 Å². The van der Waals surface area contributed by atoms with Gasteiger partial charge in [0.2, 0.25) is 0 Å². The van der Waals surface area contributed by atoms with Gasteiger partial charge in [0, 0.05) is 6.08 Å². The van der Waals surface area contributed by atoms with Crippen LogP contribution >= 0.6 is 0 Å². The predicted molar refractivity (Wildman–Crippen MR) is 152 cm³/mol. The van der Waals surface area contributed by atoms with Gasteiger partial charge in [-0.25, -0.2) is 4.79 Å². The Morgan fingerprint density at radius 1 is 0.844 bits per heavy atom. The predicted octanol–water partition coefficient (Wildman–Crippen LogP) is -0.713. The first-order chi connectivity index (χ1) is 21.4. The summed E-state index contributed by atoms with van der Waals surface area (Å²) in [5, 5.41) is 81.9. The molecule has 0 unspecified atom stereocenters. The van der Waals surface area contributed by atoms with E-state index in [1.807, 2.05) is 0 Å². The molecule has 2 saturated heterocycles. The molecule has 2 aliphatic rings. The Morgan fingerprint density at radius 2 is 1.60 bits per heavy atom. The van der Waals surface area contributed by atoms with E-state index in [4.69, 9.17) is 28.4 Å². The third-order valence-electron chi connectivity index (χ3n) is 7.46. The zero-order valence-electron chi connectivity index (χ0n) is 24.4. The molecule has 0 aliphatic carbocycles. The van der Waals surface area contributed by atoms with Crippen molar-refractivity contribution in [3.8, 4) is 23.0 Å². The molecule has 248 valence electrons. The fourth-order valence-corrected chi connectivity index (χ4v) is 4.82. The summed E-state index contributed by atoms with van der Waals surface area (Å²) in [6.45, 7) is 0.842. The van der Waals surface area contributed by atoms with Crippen LogP contribution in [-0.2, 0) is 34.9 Å². The lowest BCUT2D eigenvalue weighted by molar-refractivity contribution is -0.357. The summed E-state index contributed by atoms with van der Waals surface area (Å²) in [6.07, 6.45) is -12.3. The average molecular weight is 639 g/mol. The molecule has 2 aromatic rings. The number of ether oxygens (including phenoxy) is 6. The maximum atomic E-state index is 12.5. The first-order valence-electron chi connectivity index (χ1n) is 14.1. The quantitative estimate of drug-likeness (QED) is 0.0862. The number of phenolic OH excluding ortho intramolecular Hbond substituents is 3. The minimum absolute atomic E-state index is 0.0663. The number of benzene rings is 2. The number of carbonyl (C=O) groups excluding carboxylic acids is 1. The molecule has 0 radical (unpaired) electrons. The smallest absolute Gasteiger partial charge is 0.330 e. The summed E-state index contributed by atoms with van der Waals surface area (Å²) < 4.78 is 32.8. The lowest BCUT2D eigenvalue weighted by Crippen LogP contribution is -2.64. The van der Waals surface area contributed by atoms with Crippen LogP contribution in [0.2, 0.25) is 0 Å². The average Bonchev–Trinajstić information content (AvgIpc) is 3.01. The van der Waals surface area contributed by atoms with E-state index in [2.05, 4.69) is 0 Å². The van der Waals surface area contributed by atoms with E-state index in [1.165, 1.54) is 44.4 Å². The lowest BCUT2D eigenvalue weighted by atomic mass is 9.97. The van der Waals surface area contributed by atoms with Crippen molar-refractivity contribution in [2.24, 2.45) is 0 Å². The van der Waals surface area contributed by atoms with Crippen LogP contribution in [0, 0.1) is 0 Å². The number of carbonyl (C=O) groups is 1. The van der Waals surface area contributed by atoms with Gasteiger partial charge in [0.05, 0.1) is 19.8 Å². The number of aromatic hydroxyl groups is 3. The van der Waals surface area contributed by atoms with Crippen molar-refractivity contribution < 1.29 is 74.1 Å². The molecule has 0 spiro atoms. The third kappa shape index (κ3) is 8.40. The molecule has 2 aliphatic heterocycles. The second kappa shape index (κ2) is 15.2. The Balaban J connectivity index is 1.44. The van der Waals surface area contributed by atoms with Gasteiger partial charge >= 0.3 is 5.97 Å². The second-order valence-electron chi connectivity index (χ2n) is 10.6. The zero-order chi connectivity index (χ0) is 32.8. The minimum Gasteiger partial charge on any atom is -0.504 e. The minimum atomic E-state index is -1.74. The number of rotatable bonds is 11. The Morgan fingerprint density at radius 3 is 2.29 bits per heavy atom. The molecular formula is C30H38O15. The molecule has 0 bridgehead atoms. The van der Waals surface area contributed by atoms with Gasteiger partial charge in [-0.05, 0) is 54.8 Å². The van der Waals surface area contributed by atoms with Crippen LogP contribution in [0.25, 0.3) is 6.08 Å². The monoisotopic (exact) mass is 638 g/mol. The fraction of sp³-hybridized carbons (Fsp3) is 0.500. The number of hydrogen-bond acceptors (Lipinski definition) is 15. The van der Waals surface area contributed by atoms with Crippen molar-refractivity contribution >= 4 is 12.0 Å². The van der Waals surface area contributed by atoms with E-state index >= 15 is 0 Å². The van der Waals surface area contributed by atoms with Gasteiger partial charge in [0.15, 0.2) is 35.6 Å². The second-order valence-corrected chi connectivity index (χ2v) is 10.6. The normalized spacial score (nSPS) is 32.0. The van der Waals surface area contributed by atoms with Crippen LogP contribution in [0.5, 0.6) is 23.0 Å². The number of aliphatic hydroxyl groups is 5. The molecule has 2 aromatic carbocycles. The highest BCUT2D eigenvalue weighted by Crippen LogP contribution is 2.31. The third-order valence-corrected chi connectivity index (χ3v) is 7.46. The number of aliphatic hydroxyl groups excluding tert-OH is 5. The number of methoxy groups -OCH3 is 1. The largest absolute Gasteiger partial charge is 0.504 e. The fourth-order valence-electron chi connectivity index (χ4n) is 4.82. The van der Waals surface area contributed by atoms with Gasteiger partial charge in [0.1, 0.15) is 49.3 Å². The van der Waals surface area contributed by atoms with Crippen molar-refractivity contribution in [3.63, 3.8) is 0 Å². The standard InChI is InChI=1S/C30H38O15/c1-14-23(35)25(37)26(38)30(43-14)45-28-24(36)21(13-42-22(34)8-5-15-4-7-20(40-2)19(33)12-15)44-29(27(28)39)41-10-9-16-3-6-17(31)18(32)11-16/h3-8,11-12,14,21,23-33,35-39H,9-10,13H2,1-2H3/b8-5+/t14-,21+,23-,24+,25+,26+,27+,28-,29+,30-/m0/s1. The summed E-state index contributed by atoms with van der Waals surface area (Å²) in [6, 6.07) is 8.67. The number of phenols is 3. The van der Waals surface area contributed by atoms with E-state index in [-0.39, 0.29) is 36.0 Å². The van der Waals surface area contributed by atoms with Crippen molar-refractivity contribution in [2.45, 2.75) is 74.8 Å². The SMILES string of the molecule is COc1ccc(/C=C/C(=O)OC[C@H]2O[C@@H](OCCc3ccc(O)c(O)c3)[C@H](O)[C@@H](O[C@@H]3O[C@@H](C)[C@H](O)[C@@H](O)[C@H]3O)[C@@H]2O)cc1O. The molecule has 15 heteroatoms. The molecule has 2 fully saturated rings. The Kier molecular flexibility index (Phi) is 11.6. The first kappa shape index (κ1) is 34.4. The summed E-state index contributed by atoms with van der Waals surface area (Å²) >= 11 is 0. The van der Waals surface area contributed by atoms with E-state index in [9.17, 15) is 45.6 Å². The van der Waals surface area contributed by atoms with Crippen LogP contribution in [0.3, 0.4) is 0 Å². The summed E-state index contributed by atoms with van der Waals surface area (Å²) in [5.74, 6) is -1.33. The molecule has 15 nitrogen and oxygen atoms in total. The highest BCUT2D eigenvalue weighted by Gasteiger charge is 2.50. The van der Waals surface area contributed by atoms with Crippen LogP contribution < -0.4 is 4.74 Å². The molecule has 10 atom stereocenters. The molecule has 8 N–H and O–H groups in total. The maximum absolute atomic E-state index is 12.5. The highest BCUT2D eigenvalue weighted by atomic mass is 16.7. The maximum Gasteiger partial charge on any atom is 0.330 e. The van der Waals surface area contributed by atoms with Crippen LogP contribution in [0.1, 0.15) is 18.1 Å². The van der Waals surface area contributed by atoms with E-state index in [1.54, 1.807) is 12.1 Å². The molecule has 0 amide bonds. The van der Waals surface area contributed by atoms with Crippen molar-refractivity contribution in [3.05, 3.63) is 53.6 Å². The highest BCUT2D eigenvalue weighted by molar-refractivity contribution is 5.87. The van der Waals surface area contributed by atoms with Gasteiger partial charge in [-0.3, -0.25) is 0 Å². The first-order valence-corrected chi connectivity index (χ1v) is 14.1. The van der Waals surface area contributed by atoms with Gasteiger partial charge in [-0.1, -0.05) is 12.1 Å². The summed E-state index contributed by atoms with van der Waals surface area (Å²) in [5.41, 5.74) is 1.06. The van der Waals surface area contributed by atoms with Gasteiger partial charge < -0.3 is 69.3 Å². The Bertz CT molecular complexity index is 1320. The van der Waals surface area contributed by atoms with E-state index in [0.29, 0.717) is 11.1 Å². The van der Waals surface area contributed by atoms with Crippen LogP contribution in [0.4, 0.5) is 0 Å². The van der Waals surface area contributed by atoms with Gasteiger partial charge in [-0.15, -0.1) is 0 Å². The number of hydrogen-bond donors (Lipinski definition) is 8. The van der Waals surface area contributed by atoms with E-state index < -0.39 is 74.0 Å². The Labute approximate surface area is 258 Å². The summed E-state index contributed by atoms with van der Waals surface area (Å²) in [7, 11) is 1.40. The van der Waals surface area contributed by atoms with Gasteiger partial charge in [-0.2, -0.15) is 0 Å². The summed E-state index contributed by atoms with van der Waals surface area (Å²) in [4.78, 5) is 12.5. The zero-order valence-corrected chi connectivity index (χ0v) is 24.4. The molecule has 2 heterocycles. The molecule has 45 heavy (non-hydrogen) atoms. The Hall–Kier alpha value is -3.51. The molecular weight excluding hydrogens is 600 g/mol. The van der Waals surface area contributed by atoms with Crippen molar-refractivity contribution in [1.29, 1.82) is 0 Å². The molecule has 0 aromatic heterocycles. The topological polar surface area (TPSA) is 234 Å². The lowest BCUT2D eigenvalue weighted by Gasteiger charge is -2.45. The van der Waals surface area contributed by atoms with Crippen molar-refractivity contribution in [1.82, 2.24) is 0 Å².